The van der Waals surface area contributed by atoms with Gasteiger partial charge < -0.3 is 10.0 Å². The van der Waals surface area contributed by atoms with Crippen LogP contribution in [0.5, 0.6) is 0 Å². The second-order valence-corrected chi connectivity index (χ2v) is 5.63. The lowest BCUT2D eigenvalue weighted by Gasteiger charge is -2.23. The number of hydrogen-bond acceptors (Lipinski definition) is 2. The van der Waals surface area contributed by atoms with Gasteiger partial charge in [-0.05, 0) is 30.7 Å². The Morgan fingerprint density at radius 2 is 1.74 bits per heavy atom. The summed E-state index contributed by atoms with van der Waals surface area (Å²) in [5, 5.41) is 9.82. The Bertz CT molecular complexity index is 537. The number of anilines is 1. The average Bonchev–Trinajstić information content (AvgIpc) is 2.41. The number of halogens is 1. The molecule has 0 aliphatic rings. The lowest BCUT2D eigenvalue weighted by molar-refractivity contribution is 0.199. The van der Waals surface area contributed by atoms with Crippen LogP contribution in [0.3, 0.4) is 0 Å². The molecule has 3 heteroatoms. The molecule has 0 fully saturated rings. The van der Waals surface area contributed by atoms with Crippen LogP contribution in [0, 0.1) is 0 Å². The molecule has 0 aliphatic heterocycles. The molecule has 2 aromatic carbocycles. The average molecular weight is 320 g/mol. The van der Waals surface area contributed by atoms with Crippen LogP contribution >= 0.6 is 15.9 Å². The first kappa shape index (κ1) is 14.1. The van der Waals surface area contributed by atoms with Crippen molar-refractivity contribution in [1.82, 2.24) is 0 Å². The van der Waals surface area contributed by atoms with E-state index in [1.54, 1.807) is 6.92 Å². The van der Waals surface area contributed by atoms with Crippen LogP contribution in [0.15, 0.2) is 53.0 Å². The highest BCUT2D eigenvalue weighted by Crippen LogP contribution is 2.26. The molecule has 0 heterocycles. The topological polar surface area (TPSA) is 23.5 Å². The Balaban J connectivity index is 2.20. The summed E-state index contributed by atoms with van der Waals surface area (Å²) in [5.74, 6) is 0. The maximum atomic E-state index is 9.82. The lowest BCUT2D eigenvalue weighted by atomic mass is 10.1. The first-order valence-corrected chi connectivity index (χ1v) is 7.10. The minimum atomic E-state index is -0.455. The van der Waals surface area contributed by atoms with Crippen molar-refractivity contribution >= 4 is 21.6 Å². The zero-order valence-corrected chi connectivity index (χ0v) is 12.8. The van der Waals surface area contributed by atoms with E-state index in [9.17, 15) is 5.11 Å². The molecule has 0 aliphatic carbocycles. The molecule has 1 N–H and O–H groups in total. The Labute approximate surface area is 122 Å². The van der Waals surface area contributed by atoms with Crippen LogP contribution in [0.25, 0.3) is 0 Å². The first-order valence-electron chi connectivity index (χ1n) is 6.30. The van der Waals surface area contributed by atoms with Crippen molar-refractivity contribution in [3.05, 3.63) is 64.1 Å². The van der Waals surface area contributed by atoms with Crippen molar-refractivity contribution < 1.29 is 5.11 Å². The molecule has 0 spiro atoms. The van der Waals surface area contributed by atoms with Gasteiger partial charge in [0.2, 0.25) is 0 Å². The van der Waals surface area contributed by atoms with Gasteiger partial charge in [0.05, 0.1) is 6.10 Å². The molecule has 2 nitrogen and oxygen atoms in total. The Kier molecular flexibility index (Phi) is 4.61. The van der Waals surface area contributed by atoms with Crippen LogP contribution in [0.1, 0.15) is 24.2 Å². The molecule has 0 bridgehead atoms. The monoisotopic (exact) mass is 319 g/mol. The van der Waals surface area contributed by atoms with Gasteiger partial charge in [0.15, 0.2) is 0 Å². The normalized spacial score (nSPS) is 12.2. The Morgan fingerprint density at radius 1 is 1.11 bits per heavy atom. The smallest absolute Gasteiger partial charge is 0.0781 e. The van der Waals surface area contributed by atoms with Crippen molar-refractivity contribution in [3.63, 3.8) is 0 Å². The highest BCUT2D eigenvalue weighted by atomic mass is 79.9. The minimum absolute atomic E-state index is 0.455. The molecular formula is C16H18BrNO. The number of nitrogens with zero attached hydrogens (tertiary/aromatic N) is 1. The fourth-order valence-corrected chi connectivity index (χ4v) is 2.40. The predicted molar refractivity (Wildman–Crippen MR) is 83.3 cm³/mol. The fraction of sp³-hybridized carbons (Fsp3) is 0.250. The highest BCUT2D eigenvalue weighted by molar-refractivity contribution is 9.10. The molecule has 2 rings (SSSR count). The standard InChI is InChI=1S/C16H18BrNO/c1-12(19)15-5-3-4-6-16(15)18(2)11-13-7-9-14(17)10-8-13/h3-10,12,19H,11H2,1-2H3/t12-/m1/s1. The predicted octanol–water partition coefficient (Wildman–Crippen LogP) is 4.14. The lowest BCUT2D eigenvalue weighted by Crippen LogP contribution is -2.18. The summed E-state index contributed by atoms with van der Waals surface area (Å²) in [6, 6.07) is 16.3. The van der Waals surface area contributed by atoms with E-state index >= 15 is 0 Å². The van der Waals surface area contributed by atoms with Crippen LogP contribution < -0.4 is 4.90 Å². The molecule has 1 atom stereocenters. The fourth-order valence-electron chi connectivity index (χ4n) is 2.14. The van der Waals surface area contributed by atoms with Crippen LogP contribution in [-0.4, -0.2) is 12.2 Å². The summed E-state index contributed by atoms with van der Waals surface area (Å²) in [7, 11) is 2.04. The molecular weight excluding hydrogens is 302 g/mol. The molecule has 19 heavy (non-hydrogen) atoms. The van der Waals surface area contributed by atoms with Crippen molar-refractivity contribution in [3.8, 4) is 0 Å². The quantitative estimate of drug-likeness (QED) is 0.915. The molecule has 0 aromatic heterocycles. The molecule has 100 valence electrons. The van der Waals surface area contributed by atoms with E-state index in [2.05, 4.69) is 33.0 Å². The van der Waals surface area contributed by atoms with E-state index in [1.807, 2.05) is 43.4 Å². The Hall–Kier alpha value is -1.32. The van der Waals surface area contributed by atoms with E-state index in [-0.39, 0.29) is 0 Å². The largest absolute Gasteiger partial charge is 0.389 e. The van der Waals surface area contributed by atoms with E-state index < -0.39 is 6.10 Å². The number of aliphatic hydroxyl groups excluding tert-OH is 1. The molecule has 0 saturated heterocycles. The van der Waals surface area contributed by atoms with Crippen molar-refractivity contribution in [2.75, 3.05) is 11.9 Å². The SMILES string of the molecule is C[C@@H](O)c1ccccc1N(C)Cc1ccc(Br)cc1. The molecule has 0 radical (unpaired) electrons. The first-order chi connectivity index (χ1) is 9.08. The van der Waals surface area contributed by atoms with Crippen molar-refractivity contribution in [2.24, 2.45) is 0 Å². The summed E-state index contributed by atoms with van der Waals surface area (Å²) >= 11 is 3.44. The van der Waals surface area contributed by atoms with Crippen LogP contribution in [0.4, 0.5) is 5.69 Å². The number of benzene rings is 2. The summed E-state index contributed by atoms with van der Waals surface area (Å²) in [5.41, 5.74) is 3.27. The maximum Gasteiger partial charge on any atom is 0.0781 e. The van der Waals surface area contributed by atoms with Gasteiger partial charge in [-0.3, -0.25) is 0 Å². The number of para-hydroxylation sites is 1. The van der Waals surface area contributed by atoms with Gasteiger partial charge >= 0.3 is 0 Å². The van der Waals surface area contributed by atoms with Gasteiger partial charge in [0, 0.05) is 29.3 Å². The minimum Gasteiger partial charge on any atom is -0.389 e. The van der Waals surface area contributed by atoms with Gasteiger partial charge in [-0.2, -0.15) is 0 Å². The van der Waals surface area contributed by atoms with Gasteiger partial charge in [-0.15, -0.1) is 0 Å². The van der Waals surface area contributed by atoms with Gasteiger partial charge in [-0.25, -0.2) is 0 Å². The van der Waals surface area contributed by atoms with Gasteiger partial charge in [0.1, 0.15) is 0 Å². The zero-order valence-electron chi connectivity index (χ0n) is 11.2. The molecule has 0 amide bonds. The second kappa shape index (κ2) is 6.22. The van der Waals surface area contributed by atoms with E-state index in [0.717, 1.165) is 22.3 Å². The van der Waals surface area contributed by atoms with Crippen molar-refractivity contribution in [1.29, 1.82) is 0 Å². The zero-order chi connectivity index (χ0) is 13.8. The molecule has 0 saturated carbocycles. The van der Waals surface area contributed by atoms with Crippen LogP contribution in [0.2, 0.25) is 0 Å². The summed E-state index contributed by atoms with van der Waals surface area (Å²) in [4.78, 5) is 2.16. The second-order valence-electron chi connectivity index (χ2n) is 4.72. The third-order valence-electron chi connectivity index (χ3n) is 3.13. The highest BCUT2D eigenvalue weighted by Gasteiger charge is 2.11. The third-order valence-corrected chi connectivity index (χ3v) is 3.66. The summed E-state index contributed by atoms with van der Waals surface area (Å²) in [6.07, 6.45) is -0.455. The van der Waals surface area contributed by atoms with E-state index in [1.165, 1.54) is 5.56 Å². The number of aliphatic hydroxyl groups is 1. The van der Waals surface area contributed by atoms with Gasteiger partial charge in [0.25, 0.3) is 0 Å². The van der Waals surface area contributed by atoms with Crippen molar-refractivity contribution in [2.45, 2.75) is 19.6 Å². The van der Waals surface area contributed by atoms with Gasteiger partial charge in [-0.1, -0.05) is 46.3 Å². The molecule has 2 aromatic rings. The number of rotatable bonds is 4. The van der Waals surface area contributed by atoms with E-state index in [0.29, 0.717) is 0 Å². The summed E-state index contributed by atoms with van der Waals surface area (Å²) < 4.78 is 1.09. The van der Waals surface area contributed by atoms with E-state index in [4.69, 9.17) is 0 Å². The Morgan fingerprint density at radius 3 is 2.37 bits per heavy atom. The third kappa shape index (κ3) is 3.58. The summed E-state index contributed by atoms with van der Waals surface area (Å²) in [6.45, 7) is 2.61. The molecule has 0 unspecified atom stereocenters. The number of hydrogen-bond donors (Lipinski definition) is 1. The maximum absolute atomic E-state index is 9.82. The van der Waals surface area contributed by atoms with Crippen LogP contribution in [-0.2, 0) is 6.54 Å².